The maximum Gasteiger partial charge on any atom is 0.178 e. The van der Waals surface area contributed by atoms with Gasteiger partial charge in [0.15, 0.2) is 5.78 Å². The van der Waals surface area contributed by atoms with Gasteiger partial charge < -0.3 is 0 Å². The van der Waals surface area contributed by atoms with Crippen LogP contribution in [0.25, 0.3) is 0 Å². The van der Waals surface area contributed by atoms with Crippen LogP contribution in [0, 0.1) is 24.7 Å². The molecule has 0 aromatic rings. The minimum atomic E-state index is -0.0809. The van der Waals surface area contributed by atoms with Crippen molar-refractivity contribution in [2.45, 2.75) is 13.3 Å². The normalized spacial score (nSPS) is 15.5. The third-order valence-corrected chi connectivity index (χ3v) is 2.82. The molecular formula is C21H18O. The Hall–Kier alpha value is -3.03. The van der Waals surface area contributed by atoms with Crippen LogP contribution in [0.15, 0.2) is 83.6 Å². The first-order valence-electron chi connectivity index (χ1n) is 6.89. The highest BCUT2D eigenvalue weighted by Gasteiger charge is 1.99. The molecule has 22 heavy (non-hydrogen) atoms. The lowest BCUT2D eigenvalue weighted by Crippen LogP contribution is -1.87. The standard InChI is InChI=1S/C21H18O/c1-4-18(3)11-7-6-8-14-21(22)16-15-20-13-10-9-12-19(5-2)17-20/h1-2,6-16H,17H2,3H3/b7-6+,14-8+,16-15+,18-11-. The molecule has 0 heterocycles. The van der Waals surface area contributed by atoms with Crippen LogP contribution >= 0.6 is 0 Å². The highest BCUT2D eigenvalue weighted by Crippen LogP contribution is 2.15. The van der Waals surface area contributed by atoms with E-state index in [1.54, 1.807) is 30.4 Å². The summed E-state index contributed by atoms with van der Waals surface area (Å²) in [6, 6.07) is 0. The molecular weight excluding hydrogens is 268 g/mol. The molecule has 0 spiro atoms. The third-order valence-electron chi connectivity index (χ3n) is 2.82. The number of hydrogen-bond acceptors (Lipinski definition) is 1. The van der Waals surface area contributed by atoms with Crippen LogP contribution in [0.3, 0.4) is 0 Å². The van der Waals surface area contributed by atoms with Gasteiger partial charge in [-0.25, -0.2) is 0 Å². The molecule has 0 amide bonds. The minimum Gasteiger partial charge on any atom is -0.290 e. The Bertz CT molecular complexity index is 702. The molecule has 0 saturated carbocycles. The molecule has 0 aromatic heterocycles. The first-order valence-corrected chi connectivity index (χ1v) is 6.89. The monoisotopic (exact) mass is 286 g/mol. The van der Waals surface area contributed by atoms with Crippen LogP contribution in [-0.2, 0) is 4.79 Å². The lowest BCUT2D eigenvalue weighted by Gasteiger charge is -1.98. The number of carbonyl (C=O) groups is 1. The van der Waals surface area contributed by atoms with Crippen molar-refractivity contribution in [3.05, 3.63) is 83.6 Å². The van der Waals surface area contributed by atoms with Crippen LogP contribution in [0.1, 0.15) is 13.3 Å². The Morgan fingerprint density at radius 2 is 1.91 bits per heavy atom. The van der Waals surface area contributed by atoms with Crippen LogP contribution < -0.4 is 0 Å². The van der Waals surface area contributed by atoms with Crippen molar-refractivity contribution in [1.29, 1.82) is 0 Å². The van der Waals surface area contributed by atoms with Gasteiger partial charge >= 0.3 is 0 Å². The van der Waals surface area contributed by atoms with Gasteiger partial charge in [0.05, 0.1) is 0 Å². The maximum atomic E-state index is 11.7. The van der Waals surface area contributed by atoms with Gasteiger partial charge in [-0.05, 0) is 30.2 Å². The van der Waals surface area contributed by atoms with Gasteiger partial charge in [0.25, 0.3) is 0 Å². The van der Waals surface area contributed by atoms with Crippen LogP contribution in [0.4, 0.5) is 0 Å². The summed E-state index contributed by atoms with van der Waals surface area (Å²) in [5.41, 5.74) is 2.73. The first-order chi connectivity index (χ1) is 10.7. The molecule has 0 aromatic carbocycles. The van der Waals surface area contributed by atoms with E-state index >= 15 is 0 Å². The van der Waals surface area contributed by atoms with Crippen LogP contribution in [0.5, 0.6) is 0 Å². The van der Waals surface area contributed by atoms with E-state index in [9.17, 15) is 4.79 Å². The molecule has 0 atom stereocenters. The highest BCUT2D eigenvalue weighted by atomic mass is 16.1. The Morgan fingerprint density at radius 3 is 2.64 bits per heavy atom. The van der Waals surface area contributed by atoms with Gasteiger partial charge in [0.2, 0.25) is 0 Å². The molecule has 0 fully saturated rings. The van der Waals surface area contributed by atoms with Crippen LogP contribution in [-0.4, -0.2) is 5.78 Å². The number of terminal acetylenes is 2. The van der Waals surface area contributed by atoms with Gasteiger partial charge in [-0.2, -0.15) is 0 Å². The molecule has 0 N–H and O–H groups in total. The highest BCUT2D eigenvalue weighted by molar-refractivity contribution is 5.99. The Morgan fingerprint density at radius 1 is 1.14 bits per heavy atom. The second-order valence-corrected chi connectivity index (χ2v) is 4.61. The largest absolute Gasteiger partial charge is 0.290 e. The van der Waals surface area contributed by atoms with Gasteiger partial charge in [-0.1, -0.05) is 66.5 Å². The predicted octanol–water partition coefficient (Wildman–Crippen LogP) is 4.25. The summed E-state index contributed by atoms with van der Waals surface area (Å²) in [6.07, 6.45) is 30.8. The quantitative estimate of drug-likeness (QED) is 0.419. The van der Waals surface area contributed by atoms with E-state index in [1.807, 2.05) is 31.2 Å². The molecule has 0 aliphatic heterocycles. The number of hydrogen-bond donors (Lipinski definition) is 0. The zero-order valence-corrected chi connectivity index (χ0v) is 12.6. The average molecular weight is 286 g/mol. The molecule has 1 nitrogen and oxygen atoms in total. The molecule has 0 bridgehead atoms. The average Bonchev–Trinajstić information content (AvgIpc) is 2.77. The Labute approximate surface area is 132 Å². The van der Waals surface area contributed by atoms with Crippen molar-refractivity contribution in [2.75, 3.05) is 0 Å². The van der Waals surface area contributed by atoms with E-state index in [2.05, 4.69) is 11.8 Å². The third kappa shape index (κ3) is 6.94. The number of ketones is 1. The molecule has 0 radical (unpaired) electrons. The molecule has 1 aliphatic rings. The van der Waals surface area contributed by atoms with Gasteiger partial charge in [-0.3, -0.25) is 4.79 Å². The van der Waals surface area contributed by atoms with Gasteiger partial charge in [-0.15, -0.1) is 12.8 Å². The second-order valence-electron chi connectivity index (χ2n) is 4.61. The van der Waals surface area contributed by atoms with Crippen molar-refractivity contribution < 1.29 is 4.79 Å². The number of carbonyl (C=O) groups excluding carboxylic acids is 1. The summed E-state index contributed by atoms with van der Waals surface area (Å²) in [7, 11) is 0. The van der Waals surface area contributed by atoms with Gasteiger partial charge in [0, 0.05) is 12.0 Å². The summed E-state index contributed by atoms with van der Waals surface area (Å²) in [5.74, 6) is 5.06. The lowest BCUT2D eigenvalue weighted by atomic mass is 10.1. The SMILES string of the molecule is C#CC1=CC=CC=C(/C=C/C(=O)/C=C/C=C/C=C(/C)C#C)C1. The van der Waals surface area contributed by atoms with Gasteiger partial charge in [0.1, 0.15) is 0 Å². The van der Waals surface area contributed by atoms with Crippen molar-refractivity contribution in [2.24, 2.45) is 0 Å². The fraction of sp³-hybridized carbons (Fsp3) is 0.0952. The van der Waals surface area contributed by atoms with E-state index in [4.69, 9.17) is 12.8 Å². The molecule has 1 rings (SSSR count). The zero-order chi connectivity index (χ0) is 16.2. The lowest BCUT2D eigenvalue weighted by molar-refractivity contribution is -0.110. The maximum absolute atomic E-state index is 11.7. The zero-order valence-electron chi connectivity index (χ0n) is 12.6. The van der Waals surface area contributed by atoms with E-state index in [-0.39, 0.29) is 5.78 Å². The number of allylic oxidation sites excluding steroid dienone is 14. The fourth-order valence-electron chi connectivity index (χ4n) is 1.61. The topological polar surface area (TPSA) is 17.1 Å². The van der Waals surface area contributed by atoms with E-state index < -0.39 is 0 Å². The smallest absolute Gasteiger partial charge is 0.178 e. The van der Waals surface area contributed by atoms with Crippen molar-refractivity contribution in [1.82, 2.24) is 0 Å². The summed E-state index contributed by atoms with van der Waals surface area (Å²) in [4.78, 5) is 11.7. The second kappa shape index (κ2) is 9.81. The van der Waals surface area contributed by atoms with Crippen LogP contribution in [0.2, 0.25) is 0 Å². The van der Waals surface area contributed by atoms with E-state index in [0.717, 1.165) is 16.7 Å². The Balaban J connectivity index is 2.57. The number of rotatable bonds is 5. The van der Waals surface area contributed by atoms with Crippen molar-refractivity contribution in [3.63, 3.8) is 0 Å². The summed E-state index contributed by atoms with van der Waals surface area (Å²) in [6.45, 7) is 1.84. The summed E-state index contributed by atoms with van der Waals surface area (Å²) >= 11 is 0. The molecule has 1 heteroatoms. The summed E-state index contributed by atoms with van der Waals surface area (Å²) < 4.78 is 0. The first kappa shape index (κ1) is 17.0. The molecule has 0 unspecified atom stereocenters. The minimum absolute atomic E-state index is 0.0809. The molecule has 0 saturated heterocycles. The molecule has 1 aliphatic carbocycles. The Kier molecular flexibility index (Phi) is 7.59. The molecule has 108 valence electrons. The summed E-state index contributed by atoms with van der Waals surface area (Å²) in [5, 5.41) is 0. The van der Waals surface area contributed by atoms with E-state index in [1.165, 1.54) is 12.2 Å². The fourth-order valence-corrected chi connectivity index (χ4v) is 1.61. The van der Waals surface area contributed by atoms with Crippen molar-refractivity contribution in [3.8, 4) is 24.7 Å². The van der Waals surface area contributed by atoms with E-state index in [0.29, 0.717) is 6.42 Å². The van der Waals surface area contributed by atoms with Crippen molar-refractivity contribution >= 4 is 5.78 Å². The predicted molar refractivity (Wildman–Crippen MR) is 93.8 cm³/mol.